The van der Waals surface area contributed by atoms with Crippen molar-refractivity contribution >= 4 is 17.0 Å². The van der Waals surface area contributed by atoms with Gasteiger partial charge in [0.15, 0.2) is 0 Å². The lowest BCUT2D eigenvalue weighted by Crippen LogP contribution is -2.45. The van der Waals surface area contributed by atoms with Gasteiger partial charge in [0.1, 0.15) is 6.07 Å². The van der Waals surface area contributed by atoms with Crippen molar-refractivity contribution in [3.63, 3.8) is 0 Å². The first kappa shape index (κ1) is 20.2. The van der Waals surface area contributed by atoms with Crippen LogP contribution < -0.4 is 10.2 Å². The zero-order valence-corrected chi connectivity index (χ0v) is 16.4. The Bertz CT molecular complexity index is 1080. The first-order chi connectivity index (χ1) is 14.4. The molecule has 0 unspecified atom stereocenters. The normalized spacial score (nSPS) is 17.3. The van der Waals surface area contributed by atoms with Crippen molar-refractivity contribution in [3.05, 3.63) is 53.3 Å². The molecule has 30 heavy (non-hydrogen) atoms. The van der Waals surface area contributed by atoms with Gasteiger partial charge in [-0.3, -0.25) is 4.98 Å². The molecule has 6 nitrogen and oxygen atoms in total. The number of fused-ring (bicyclic) bond motifs is 1. The van der Waals surface area contributed by atoms with Crippen molar-refractivity contribution in [2.45, 2.75) is 31.6 Å². The van der Waals surface area contributed by atoms with E-state index in [0.29, 0.717) is 34.3 Å². The molecule has 0 saturated carbocycles. The fourth-order valence-electron chi connectivity index (χ4n) is 3.82. The predicted octanol–water partition coefficient (Wildman–Crippen LogP) is 3.56. The lowest BCUT2D eigenvalue weighted by molar-refractivity contribution is -0.137. The Morgan fingerprint density at radius 1 is 1.27 bits per heavy atom. The minimum atomic E-state index is -4.43. The van der Waals surface area contributed by atoms with E-state index in [2.05, 4.69) is 20.2 Å². The molecule has 1 N–H and O–H groups in total. The zero-order valence-electron chi connectivity index (χ0n) is 16.4. The van der Waals surface area contributed by atoms with Crippen LogP contribution in [-0.4, -0.2) is 40.7 Å². The monoisotopic (exact) mass is 414 g/mol. The molecule has 0 bridgehead atoms. The van der Waals surface area contributed by atoms with E-state index in [9.17, 15) is 13.2 Å². The second kappa shape index (κ2) is 7.95. The molecule has 1 saturated heterocycles. The van der Waals surface area contributed by atoms with Crippen LogP contribution in [-0.2, 0) is 12.7 Å². The smallest absolute Gasteiger partial charge is 0.341 e. The zero-order chi connectivity index (χ0) is 21.3. The Labute approximate surface area is 172 Å². The van der Waals surface area contributed by atoms with Gasteiger partial charge in [-0.25, -0.2) is 4.98 Å². The van der Waals surface area contributed by atoms with Gasteiger partial charge < -0.3 is 14.8 Å². The van der Waals surface area contributed by atoms with Crippen molar-refractivity contribution < 1.29 is 13.2 Å². The van der Waals surface area contributed by atoms with E-state index in [4.69, 9.17) is 5.26 Å². The van der Waals surface area contributed by atoms with E-state index in [1.165, 1.54) is 12.3 Å². The summed E-state index contributed by atoms with van der Waals surface area (Å²) in [5.74, 6) is 0.635. The second-order valence-corrected chi connectivity index (χ2v) is 7.42. The number of benzene rings is 1. The van der Waals surface area contributed by atoms with Gasteiger partial charge in [-0.15, -0.1) is 0 Å². The van der Waals surface area contributed by atoms with Crippen molar-refractivity contribution in [2.75, 3.05) is 25.0 Å². The number of piperidine rings is 1. The molecule has 0 radical (unpaired) electrons. The number of rotatable bonds is 4. The van der Waals surface area contributed by atoms with E-state index in [0.717, 1.165) is 38.1 Å². The molecule has 1 aliphatic heterocycles. The third kappa shape index (κ3) is 3.96. The van der Waals surface area contributed by atoms with Crippen LogP contribution in [0.15, 0.2) is 36.5 Å². The van der Waals surface area contributed by atoms with Gasteiger partial charge in [0.25, 0.3) is 0 Å². The Morgan fingerprint density at radius 3 is 2.77 bits per heavy atom. The van der Waals surface area contributed by atoms with Gasteiger partial charge >= 0.3 is 6.18 Å². The maximum absolute atomic E-state index is 13.3. The molecule has 9 heteroatoms. The molecular weight excluding hydrogens is 393 g/mol. The lowest BCUT2D eigenvalue weighted by Gasteiger charge is -2.33. The summed E-state index contributed by atoms with van der Waals surface area (Å²) in [6.45, 7) is 1.78. The number of aromatic nitrogens is 3. The van der Waals surface area contributed by atoms with Crippen molar-refractivity contribution in [1.29, 1.82) is 5.26 Å². The number of hydrogen-bond donors (Lipinski definition) is 1. The number of hydrogen-bond acceptors (Lipinski definition) is 5. The Balaban J connectivity index is 1.80. The van der Waals surface area contributed by atoms with Crippen molar-refractivity contribution in [1.82, 2.24) is 19.9 Å². The van der Waals surface area contributed by atoms with E-state index in [1.807, 2.05) is 13.1 Å². The molecule has 1 fully saturated rings. The average Bonchev–Trinajstić information content (AvgIpc) is 3.11. The highest BCUT2D eigenvalue weighted by Gasteiger charge is 2.32. The van der Waals surface area contributed by atoms with Crippen molar-refractivity contribution in [3.8, 4) is 6.07 Å². The maximum Gasteiger partial charge on any atom is 0.416 e. The van der Waals surface area contributed by atoms with Gasteiger partial charge in [0.2, 0.25) is 5.95 Å². The number of likely N-dealkylation sites (N-methyl/N-ethyl adjacent to an activating group) is 1. The molecule has 1 aromatic carbocycles. The molecule has 0 spiro atoms. The fourth-order valence-corrected chi connectivity index (χ4v) is 3.82. The number of anilines is 1. The average molecular weight is 414 g/mol. The van der Waals surface area contributed by atoms with Crippen LogP contribution >= 0.6 is 0 Å². The number of nitrogens with zero attached hydrogens (tertiary/aromatic N) is 5. The molecule has 0 aliphatic carbocycles. The van der Waals surface area contributed by atoms with Gasteiger partial charge in [0.05, 0.1) is 34.4 Å². The first-order valence-electron chi connectivity index (χ1n) is 9.74. The molecule has 4 rings (SSSR count). The van der Waals surface area contributed by atoms with Gasteiger partial charge in [0, 0.05) is 25.3 Å². The third-order valence-electron chi connectivity index (χ3n) is 5.44. The minimum Gasteiger partial charge on any atom is -0.341 e. The molecule has 156 valence electrons. The summed E-state index contributed by atoms with van der Waals surface area (Å²) in [4.78, 5) is 11.1. The molecule has 1 aliphatic rings. The van der Waals surface area contributed by atoms with E-state index in [-0.39, 0.29) is 6.54 Å². The molecule has 0 amide bonds. The number of halogens is 3. The van der Waals surface area contributed by atoms with E-state index in [1.54, 1.807) is 16.7 Å². The molecule has 3 aromatic rings. The molecule has 1 atom stereocenters. The largest absolute Gasteiger partial charge is 0.416 e. The minimum absolute atomic E-state index is 0.263. The summed E-state index contributed by atoms with van der Waals surface area (Å²) in [5.41, 5.74) is 1.30. The van der Waals surface area contributed by atoms with Crippen LogP contribution in [0.25, 0.3) is 11.0 Å². The number of nitriles is 1. The number of alkyl halides is 3. The highest BCUT2D eigenvalue weighted by atomic mass is 19.4. The summed E-state index contributed by atoms with van der Waals surface area (Å²) in [5, 5.41) is 12.2. The van der Waals surface area contributed by atoms with Crippen LogP contribution in [0.5, 0.6) is 0 Å². The Morgan fingerprint density at radius 2 is 2.10 bits per heavy atom. The van der Waals surface area contributed by atoms with Crippen LogP contribution in [0.1, 0.15) is 29.7 Å². The SMILES string of the molecule is CN[C@H]1CCCN(c2nc3ccc(C(F)(F)F)cc3n2Cc2ccc(C#N)cn2)C1. The highest BCUT2D eigenvalue weighted by molar-refractivity contribution is 5.80. The van der Waals surface area contributed by atoms with Crippen LogP contribution in [0.4, 0.5) is 19.1 Å². The maximum atomic E-state index is 13.3. The summed E-state index contributed by atoms with van der Waals surface area (Å²) < 4.78 is 41.8. The summed E-state index contributed by atoms with van der Waals surface area (Å²) in [7, 11) is 1.91. The number of nitrogens with one attached hydrogen (secondary N) is 1. The Kier molecular flexibility index (Phi) is 5.35. The topological polar surface area (TPSA) is 69.8 Å². The highest BCUT2D eigenvalue weighted by Crippen LogP contribution is 2.33. The summed E-state index contributed by atoms with van der Waals surface area (Å²) >= 11 is 0. The van der Waals surface area contributed by atoms with Crippen LogP contribution in [0, 0.1) is 11.3 Å². The second-order valence-electron chi connectivity index (χ2n) is 7.42. The van der Waals surface area contributed by atoms with Crippen LogP contribution in [0.2, 0.25) is 0 Å². The summed E-state index contributed by atoms with van der Waals surface area (Å²) in [6.07, 6.45) is -0.952. The quantitative estimate of drug-likeness (QED) is 0.707. The lowest BCUT2D eigenvalue weighted by atomic mass is 10.1. The van der Waals surface area contributed by atoms with Gasteiger partial charge in [-0.1, -0.05) is 0 Å². The van der Waals surface area contributed by atoms with Gasteiger partial charge in [-0.05, 0) is 50.2 Å². The predicted molar refractivity (Wildman–Crippen MR) is 107 cm³/mol. The number of imidazole rings is 1. The van der Waals surface area contributed by atoms with E-state index < -0.39 is 11.7 Å². The van der Waals surface area contributed by atoms with Crippen molar-refractivity contribution in [2.24, 2.45) is 0 Å². The van der Waals surface area contributed by atoms with E-state index >= 15 is 0 Å². The molecular formula is C21H21F3N6. The standard InChI is InChI=1S/C21H21F3N6/c1-26-16-3-2-8-29(12-16)20-28-18-7-5-15(21(22,23)24)9-19(18)30(20)13-17-6-4-14(10-25)11-27-17/h4-7,9,11,16,26H,2-3,8,12-13H2,1H3/t16-/m0/s1. The molecule has 3 heterocycles. The third-order valence-corrected chi connectivity index (χ3v) is 5.44. The fraction of sp³-hybridized carbons (Fsp3) is 0.381. The first-order valence-corrected chi connectivity index (χ1v) is 9.74. The molecule has 2 aromatic heterocycles. The Hall–Kier alpha value is -3.12. The van der Waals surface area contributed by atoms with Crippen LogP contribution in [0.3, 0.4) is 0 Å². The van der Waals surface area contributed by atoms with Gasteiger partial charge in [-0.2, -0.15) is 18.4 Å². The summed E-state index contributed by atoms with van der Waals surface area (Å²) in [6, 6.07) is 9.32. The number of pyridine rings is 1.